The molecule has 1 heterocycles. The zero-order chi connectivity index (χ0) is 13.8. The number of halogens is 2. The van der Waals surface area contributed by atoms with Gasteiger partial charge >= 0.3 is 0 Å². The lowest BCUT2D eigenvalue weighted by Gasteiger charge is -2.05. The monoisotopic (exact) mass is 344 g/mol. The molecule has 2 rings (SSSR count). The molecule has 1 aromatic heterocycles. The Morgan fingerprint density at radius 1 is 1.58 bits per heavy atom. The van der Waals surface area contributed by atoms with Crippen molar-refractivity contribution < 1.29 is 9.13 Å². The predicted octanol–water partition coefficient (Wildman–Crippen LogP) is 3.08. The first-order valence-electron chi connectivity index (χ1n) is 5.13. The van der Waals surface area contributed by atoms with Gasteiger partial charge in [0.15, 0.2) is 11.6 Å². The van der Waals surface area contributed by atoms with E-state index in [-0.39, 0.29) is 5.75 Å². The Hall–Kier alpha value is -1.67. The number of hydrogen-bond acceptors (Lipinski definition) is 6. The van der Waals surface area contributed by atoms with Gasteiger partial charge in [-0.2, -0.15) is 5.10 Å². The summed E-state index contributed by atoms with van der Waals surface area (Å²) in [6, 6.07) is 3.02. The van der Waals surface area contributed by atoms with Crippen molar-refractivity contribution in [1.82, 2.24) is 4.98 Å². The van der Waals surface area contributed by atoms with Crippen molar-refractivity contribution in [2.75, 3.05) is 18.3 Å². The average molecular weight is 345 g/mol. The molecule has 0 unspecified atom stereocenters. The van der Waals surface area contributed by atoms with E-state index >= 15 is 0 Å². The molecule has 0 saturated heterocycles. The molecule has 0 fully saturated rings. The zero-order valence-corrected chi connectivity index (χ0v) is 12.3. The number of nitrogens with zero attached hydrogens (tertiary/aromatic N) is 2. The molecular formula is C11H10BrFN4OS. The third kappa shape index (κ3) is 3.42. The van der Waals surface area contributed by atoms with Crippen molar-refractivity contribution >= 4 is 44.4 Å². The van der Waals surface area contributed by atoms with Crippen molar-refractivity contribution in [2.45, 2.75) is 0 Å². The van der Waals surface area contributed by atoms with Crippen molar-refractivity contribution in [2.24, 2.45) is 5.10 Å². The van der Waals surface area contributed by atoms with Crippen molar-refractivity contribution in [3.05, 3.63) is 33.4 Å². The van der Waals surface area contributed by atoms with E-state index in [1.165, 1.54) is 30.7 Å². The van der Waals surface area contributed by atoms with Crippen LogP contribution in [0.4, 0.5) is 15.3 Å². The highest BCUT2D eigenvalue weighted by Gasteiger charge is 2.08. The topological polar surface area (TPSA) is 72.5 Å². The Morgan fingerprint density at radius 3 is 2.95 bits per heavy atom. The molecule has 0 bridgehead atoms. The van der Waals surface area contributed by atoms with Crippen LogP contribution < -0.4 is 15.9 Å². The van der Waals surface area contributed by atoms with Gasteiger partial charge in [-0.05, 0) is 33.6 Å². The molecule has 0 atom stereocenters. The Kier molecular flexibility index (Phi) is 4.33. The predicted molar refractivity (Wildman–Crippen MR) is 78.4 cm³/mol. The number of anilines is 2. The summed E-state index contributed by atoms with van der Waals surface area (Å²) in [6.45, 7) is 0. The minimum Gasteiger partial charge on any atom is -0.492 e. The number of ether oxygens (including phenoxy) is 1. The molecule has 8 heteroatoms. The van der Waals surface area contributed by atoms with Crippen LogP contribution in [0.15, 0.2) is 27.1 Å². The first-order chi connectivity index (χ1) is 9.10. The quantitative estimate of drug-likeness (QED) is 0.660. The lowest BCUT2D eigenvalue weighted by Crippen LogP contribution is -1.94. The fourth-order valence-electron chi connectivity index (χ4n) is 1.35. The van der Waals surface area contributed by atoms with Crippen LogP contribution >= 0.6 is 27.3 Å². The minimum absolute atomic E-state index is 0.165. The molecule has 0 aliphatic heterocycles. The van der Waals surface area contributed by atoms with E-state index < -0.39 is 5.82 Å². The number of rotatable bonds is 4. The van der Waals surface area contributed by atoms with Crippen LogP contribution in [0.25, 0.3) is 0 Å². The normalized spacial score (nSPS) is 10.9. The molecule has 19 heavy (non-hydrogen) atoms. The SMILES string of the molecule is COc1c(F)cc(C=NNc2nc(N)cs2)cc1Br. The number of benzene rings is 1. The van der Waals surface area contributed by atoms with Gasteiger partial charge in [0.2, 0.25) is 5.13 Å². The van der Waals surface area contributed by atoms with Gasteiger partial charge in [0.25, 0.3) is 0 Å². The highest BCUT2D eigenvalue weighted by Crippen LogP contribution is 2.28. The van der Waals surface area contributed by atoms with Crippen LogP contribution in [0.3, 0.4) is 0 Å². The van der Waals surface area contributed by atoms with Crippen LogP contribution in [-0.4, -0.2) is 18.3 Å². The van der Waals surface area contributed by atoms with Gasteiger partial charge in [0.05, 0.1) is 17.8 Å². The van der Waals surface area contributed by atoms with Gasteiger partial charge in [-0.3, -0.25) is 5.43 Å². The third-order valence-electron chi connectivity index (χ3n) is 2.12. The molecule has 0 amide bonds. The molecule has 2 aromatic rings. The van der Waals surface area contributed by atoms with Crippen LogP contribution in [0, 0.1) is 5.82 Å². The number of nitrogen functional groups attached to an aromatic ring is 1. The number of aromatic nitrogens is 1. The Morgan fingerprint density at radius 2 is 2.37 bits per heavy atom. The number of methoxy groups -OCH3 is 1. The highest BCUT2D eigenvalue weighted by molar-refractivity contribution is 9.10. The molecule has 5 nitrogen and oxygen atoms in total. The van der Waals surface area contributed by atoms with Gasteiger partial charge in [-0.25, -0.2) is 9.37 Å². The van der Waals surface area contributed by atoms with E-state index in [0.29, 0.717) is 21.0 Å². The summed E-state index contributed by atoms with van der Waals surface area (Å²) in [5, 5.41) is 6.22. The van der Waals surface area contributed by atoms with E-state index in [9.17, 15) is 4.39 Å². The summed E-state index contributed by atoms with van der Waals surface area (Å²) in [5.74, 6) is 0.135. The van der Waals surface area contributed by atoms with Gasteiger partial charge in [-0.1, -0.05) is 0 Å². The van der Waals surface area contributed by atoms with E-state index in [0.717, 1.165) is 0 Å². The first kappa shape index (κ1) is 13.8. The van der Waals surface area contributed by atoms with Crippen molar-refractivity contribution in [3.8, 4) is 5.75 Å². The Bertz CT molecular complexity index is 593. The van der Waals surface area contributed by atoms with Crippen LogP contribution in [0.1, 0.15) is 5.56 Å². The average Bonchev–Trinajstić information content (AvgIpc) is 2.75. The molecule has 0 spiro atoms. The van der Waals surface area contributed by atoms with Crippen LogP contribution in [-0.2, 0) is 0 Å². The highest BCUT2D eigenvalue weighted by atomic mass is 79.9. The van der Waals surface area contributed by atoms with Crippen LogP contribution in [0.5, 0.6) is 5.75 Å². The second kappa shape index (κ2) is 5.98. The number of hydrogen-bond donors (Lipinski definition) is 2. The summed E-state index contributed by atoms with van der Waals surface area (Å²) < 4.78 is 19.0. The van der Waals surface area contributed by atoms with E-state index in [2.05, 4.69) is 31.4 Å². The van der Waals surface area contributed by atoms with Gasteiger partial charge in [0.1, 0.15) is 5.82 Å². The van der Waals surface area contributed by atoms with Crippen molar-refractivity contribution in [3.63, 3.8) is 0 Å². The molecule has 0 aliphatic carbocycles. The maximum absolute atomic E-state index is 13.6. The molecule has 1 aromatic carbocycles. The second-order valence-electron chi connectivity index (χ2n) is 3.47. The third-order valence-corrected chi connectivity index (χ3v) is 3.47. The summed E-state index contributed by atoms with van der Waals surface area (Å²) in [6.07, 6.45) is 1.48. The van der Waals surface area contributed by atoms with E-state index in [1.807, 2.05) is 0 Å². The number of thiazole rings is 1. The summed E-state index contributed by atoms with van der Waals surface area (Å²) in [5.41, 5.74) is 8.77. The van der Waals surface area contributed by atoms with Gasteiger partial charge < -0.3 is 10.5 Å². The van der Waals surface area contributed by atoms with Gasteiger partial charge in [-0.15, -0.1) is 11.3 Å². The number of hydrazone groups is 1. The summed E-state index contributed by atoms with van der Waals surface area (Å²) in [4.78, 5) is 3.97. The standard InChI is InChI=1S/C11H10BrFN4OS/c1-18-10-7(12)2-6(3-8(10)13)4-15-17-11-16-9(14)5-19-11/h2-5H,14H2,1H3,(H,16,17). The lowest BCUT2D eigenvalue weighted by molar-refractivity contribution is 0.384. The largest absolute Gasteiger partial charge is 0.492 e. The molecule has 0 saturated carbocycles. The maximum Gasteiger partial charge on any atom is 0.205 e. The second-order valence-corrected chi connectivity index (χ2v) is 5.18. The molecule has 100 valence electrons. The first-order valence-corrected chi connectivity index (χ1v) is 6.80. The maximum atomic E-state index is 13.6. The lowest BCUT2D eigenvalue weighted by atomic mass is 10.2. The van der Waals surface area contributed by atoms with E-state index in [1.54, 1.807) is 11.4 Å². The fraction of sp³-hybridized carbons (Fsp3) is 0.0909. The number of nitrogens with two attached hydrogens (primary N) is 1. The Labute approximate surface area is 121 Å². The number of nitrogens with one attached hydrogen (secondary N) is 1. The molecule has 0 radical (unpaired) electrons. The molecule has 3 N–H and O–H groups in total. The van der Waals surface area contributed by atoms with Gasteiger partial charge in [0, 0.05) is 5.38 Å². The zero-order valence-electron chi connectivity index (χ0n) is 9.85. The molecular weight excluding hydrogens is 335 g/mol. The molecule has 0 aliphatic rings. The summed E-state index contributed by atoms with van der Waals surface area (Å²) >= 11 is 4.56. The summed E-state index contributed by atoms with van der Waals surface area (Å²) in [7, 11) is 1.41. The smallest absolute Gasteiger partial charge is 0.205 e. The van der Waals surface area contributed by atoms with Crippen LogP contribution in [0.2, 0.25) is 0 Å². The van der Waals surface area contributed by atoms with E-state index in [4.69, 9.17) is 10.5 Å². The minimum atomic E-state index is -0.461. The Balaban J connectivity index is 2.11. The fourth-order valence-corrected chi connectivity index (χ4v) is 2.51. The van der Waals surface area contributed by atoms with Crippen molar-refractivity contribution in [1.29, 1.82) is 0 Å².